The van der Waals surface area contributed by atoms with E-state index >= 15 is 0 Å². The number of carbonyl (C=O) groups excluding carboxylic acids is 2. The number of amides is 1. The van der Waals surface area contributed by atoms with Crippen molar-refractivity contribution in [2.24, 2.45) is 11.3 Å². The Kier molecular flexibility index (Phi) is 7.96. The molecule has 1 heterocycles. The minimum Gasteiger partial charge on any atom is -0.481 e. The summed E-state index contributed by atoms with van der Waals surface area (Å²) in [6, 6.07) is 3.51. The normalized spacial score (nSPS) is 24.1. The van der Waals surface area contributed by atoms with E-state index in [9.17, 15) is 32.7 Å². The van der Waals surface area contributed by atoms with Crippen LogP contribution in [0.2, 0.25) is 10.0 Å². The molecule has 1 aromatic carbocycles. The first kappa shape index (κ1) is 28.9. The van der Waals surface area contributed by atoms with E-state index < -0.39 is 53.6 Å². The number of aromatic nitrogens is 2. The SMILES string of the molecule is O=C(CN(C(=O)c1cnn(C2CCC(C(=O)O)CC2)c1C(F)(F)F)[C@@H]1CCC12CCCC2)c1c(Cl)cccc1Cl. The standard InChI is InChI=1S/C28H30Cl2F3N3O4/c29-19-4-3-5-20(30)23(19)21(37)15-35(22-10-13-27(22)11-1-2-12-27)25(38)18-14-34-36(24(18)28(31,32)33)17-8-6-16(7-9-17)26(39)40/h3-5,14,16-17,22H,1-2,6-13,15H2,(H,39,40)/t16?,17?,22-/m1/s1. The lowest BCUT2D eigenvalue weighted by molar-refractivity contribution is -0.147. The van der Waals surface area contributed by atoms with Gasteiger partial charge in [0.2, 0.25) is 0 Å². The summed E-state index contributed by atoms with van der Waals surface area (Å²) in [5.41, 5.74) is -1.95. The van der Waals surface area contributed by atoms with Crippen LogP contribution in [0.15, 0.2) is 24.4 Å². The summed E-state index contributed by atoms with van der Waals surface area (Å²) in [6.45, 7) is -0.457. The van der Waals surface area contributed by atoms with Gasteiger partial charge in [-0.1, -0.05) is 42.1 Å². The maximum Gasteiger partial charge on any atom is 0.433 e. The zero-order chi connectivity index (χ0) is 28.8. The lowest BCUT2D eigenvalue weighted by atomic mass is 9.62. The van der Waals surface area contributed by atoms with Gasteiger partial charge in [-0.2, -0.15) is 18.3 Å². The van der Waals surface area contributed by atoms with Crippen LogP contribution in [0.25, 0.3) is 0 Å². The summed E-state index contributed by atoms with van der Waals surface area (Å²) in [4.78, 5) is 40.1. The molecule has 3 saturated carbocycles. The number of benzene rings is 1. The number of hydrogen-bond donors (Lipinski definition) is 1. The molecule has 0 bridgehead atoms. The highest BCUT2D eigenvalue weighted by atomic mass is 35.5. The number of nitrogens with zero attached hydrogens (tertiary/aromatic N) is 3. The van der Waals surface area contributed by atoms with Gasteiger partial charge in [-0.3, -0.25) is 19.1 Å². The van der Waals surface area contributed by atoms with Crippen molar-refractivity contribution in [1.29, 1.82) is 0 Å². The largest absolute Gasteiger partial charge is 0.481 e. The van der Waals surface area contributed by atoms with Crippen LogP contribution in [0, 0.1) is 11.3 Å². The number of hydrogen-bond acceptors (Lipinski definition) is 4. The Bertz CT molecular complexity index is 1290. The molecule has 40 heavy (non-hydrogen) atoms. The van der Waals surface area contributed by atoms with Gasteiger partial charge in [0.25, 0.3) is 5.91 Å². The summed E-state index contributed by atoms with van der Waals surface area (Å²) in [5, 5.41) is 13.5. The molecule has 5 rings (SSSR count). The third-order valence-corrected chi connectivity index (χ3v) is 9.73. The molecule has 3 fully saturated rings. The van der Waals surface area contributed by atoms with Crippen LogP contribution in [-0.4, -0.2) is 50.0 Å². The molecule has 1 aromatic heterocycles. The molecule has 1 amide bonds. The average Bonchev–Trinajstić information content (AvgIpc) is 3.56. The highest BCUT2D eigenvalue weighted by Crippen LogP contribution is 2.55. The quantitative estimate of drug-likeness (QED) is 0.343. The Morgan fingerprint density at radius 3 is 2.17 bits per heavy atom. The average molecular weight is 600 g/mol. The maximum atomic E-state index is 14.5. The highest BCUT2D eigenvalue weighted by Gasteiger charge is 2.53. The van der Waals surface area contributed by atoms with Crippen molar-refractivity contribution < 1.29 is 32.7 Å². The summed E-state index contributed by atoms with van der Waals surface area (Å²) in [6.07, 6.45) is 1.97. The third kappa shape index (κ3) is 5.24. The van der Waals surface area contributed by atoms with E-state index in [1.165, 1.54) is 17.0 Å². The fraction of sp³-hybridized carbons (Fsp3) is 0.571. The number of alkyl halides is 3. The number of aliphatic carboxylic acids is 1. The maximum absolute atomic E-state index is 14.5. The molecule has 2 aromatic rings. The van der Waals surface area contributed by atoms with Crippen molar-refractivity contribution in [3.63, 3.8) is 0 Å². The van der Waals surface area contributed by atoms with Gasteiger partial charge in [0.1, 0.15) is 0 Å². The van der Waals surface area contributed by atoms with Gasteiger partial charge in [-0.15, -0.1) is 0 Å². The van der Waals surface area contributed by atoms with Gasteiger partial charge >= 0.3 is 12.1 Å². The second-order valence-electron chi connectivity index (χ2n) is 11.3. The van der Waals surface area contributed by atoms with Crippen LogP contribution in [0.4, 0.5) is 13.2 Å². The number of rotatable bonds is 7. The van der Waals surface area contributed by atoms with E-state index in [0.29, 0.717) is 6.42 Å². The Morgan fingerprint density at radius 1 is 1.02 bits per heavy atom. The number of ketones is 1. The van der Waals surface area contributed by atoms with Crippen LogP contribution < -0.4 is 0 Å². The molecule has 0 saturated heterocycles. The van der Waals surface area contributed by atoms with E-state index in [0.717, 1.165) is 43.0 Å². The second-order valence-corrected chi connectivity index (χ2v) is 12.1. The summed E-state index contributed by atoms with van der Waals surface area (Å²) in [5.74, 6) is -3.02. The number of carboxylic acid groups (broad SMARTS) is 1. The Labute approximate surface area is 239 Å². The molecule has 0 unspecified atom stereocenters. The van der Waals surface area contributed by atoms with Crippen molar-refractivity contribution in [2.45, 2.75) is 82.5 Å². The van der Waals surface area contributed by atoms with Gasteiger partial charge < -0.3 is 10.0 Å². The molecule has 1 N–H and O–H groups in total. The zero-order valence-corrected chi connectivity index (χ0v) is 23.2. The lowest BCUT2D eigenvalue weighted by Crippen LogP contribution is -2.57. The van der Waals surface area contributed by atoms with Crippen molar-refractivity contribution in [1.82, 2.24) is 14.7 Å². The van der Waals surface area contributed by atoms with Crippen LogP contribution in [0.5, 0.6) is 0 Å². The first-order valence-electron chi connectivity index (χ1n) is 13.6. The van der Waals surface area contributed by atoms with Gasteiger partial charge in [0.05, 0.1) is 45.9 Å². The Morgan fingerprint density at radius 2 is 1.65 bits per heavy atom. The van der Waals surface area contributed by atoms with Crippen molar-refractivity contribution in [2.75, 3.05) is 6.54 Å². The van der Waals surface area contributed by atoms with E-state index in [1.807, 2.05) is 0 Å². The third-order valence-electron chi connectivity index (χ3n) is 9.10. The molecule has 0 aliphatic heterocycles. The van der Waals surface area contributed by atoms with E-state index in [-0.39, 0.29) is 52.7 Å². The minimum atomic E-state index is -4.89. The predicted octanol–water partition coefficient (Wildman–Crippen LogP) is 7.07. The highest BCUT2D eigenvalue weighted by molar-refractivity contribution is 6.40. The molecular formula is C28H30Cl2F3N3O4. The predicted molar refractivity (Wildman–Crippen MR) is 142 cm³/mol. The van der Waals surface area contributed by atoms with Crippen molar-refractivity contribution in [3.05, 3.63) is 51.3 Å². The number of Topliss-reactive ketones (excluding diaryl/α,β-unsaturated/α-hetero) is 1. The fourth-order valence-electron chi connectivity index (χ4n) is 6.95. The van der Waals surface area contributed by atoms with Gasteiger partial charge in [0.15, 0.2) is 11.5 Å². The van der Waals surface area contributed by atoms with Gasteiger partial charge in [0, 0.05) is 6.04 Å². The van der Waals surface area contributed by atoms with Crippen LogP contribution in [-0.2, 0) is 11.0 Å². The molecule has 7 nitrogen and oxygen atoms in total. The first-order chi connectivity index (χ1) is 18.9. The molecule has 216 valence electrons. The van der Waals surface area contributed by atoms with Crippen molar-refractivity contribution in [3.8, 4) is 0 Å². The fourth-order valence-corrected chi connectivity index (χ4v) is 7.56. The summed E-state index contributed by atoms with van der Waals surface area (Å²) >= 11 is 12.5. The second kappa shape index (κ2) is 11.0. The minimum absolute atomic E-state index is 0.0327. The smallest absolute Gasteiger partial charge is 0.433 e. The van der Waals surface area contributed by atoms with Crippen molar-refractivity contribution >= 4 is 40.9 Å². The van der Waals surface area contributed by atoms with E-state index in [2.05, 4.69) is 5.10 Å². The Hall–Kier alpha value is -2.59. The number of carboxylic acids is 1. The first-order valence-corrected chi connectivity index (χ1v) is 14.3. The number of carbonyl (C=O) groups is 3. The van der Waals surface area contributed by atoms with Crippen LogP contribution in [0.1, 0.15) is 96.7 Å². The topological polar surface area (TPSA) is 92.5 Å². The molecule has 12 heteroatoms. The molecule has 1 atom stereocenters. The monoisotopic (exact) mass is 599 g/mol. The van der Waals surface area contributed by atoms with Crippen LogP contribution in [0.3, 0.4) is 0 Å². The molecular weight excluding hydrogens is 570 g/mol. The number of halogens is 5. The van der Waals surface area contributed by atoms with Gasteiger partial charge in [-0.25, -0.2) is 0 Å². The molecule has 0 radical (unpaired) electrons. The lowest BCUT2D eigenvalue weighted by Gasteiger charge is -2.52. The molecule has 3 aliphatic carbocycles. The zero-order valence-electron chi connectivity index (χ0n) is 21.7. The van der Waals surface area contributed by atoms with E-state index in [4.69, 9.17) is 23.2 Å². The van der Waals surface area contributed by atoms with Crippen LogP contribution >= 0.6 is 23.2 Å². The Balaban J connectivity index is 1.50. The summed E-state index contributed by atoms with van der Waals surface area (Å²) < 4.78 is 44.4. The summed E-state index contributed by atoms with van der Waals surface area (Å²) in [7, 11) is 0. The molecule has 3 aliphatic rings. The van der Waals surface area contributed by atoms with E-state index in [1.54, 1.807) is 6.07 Å². The van der Waals surface area contributed by atoms with Gasteiger partial charge in [-0.05, 0) is 68.9 Å². The molecule has 1 spiro atoms.